The molecule has 0 saturated carbocycles. The van der Waals surface area contributed by atoms with Crippen LogP contribution < -0.4 is 5.46 Å². The zero-order chi connectivity index (χ0) is 14.2. The Labute approximate surface area is 107 Å². The maximum absolute atomic E-state index is 12.4. The van der Waals surface area contributed by atoms with Crippen LogP contribution in [0.5, 0.6) is 0 Å². The molecule has 1 heterocycles. The maximum atomic E-state index is 12.4. The van der Waals surface area contributed by atoms with Gasteiger partial charge in [-0.3, -0.25) is 4.79 Å². The summed E-state index contributed by atoms with van der Waals surface area (Å²) in [6, 6.07) is 7.12. The van der Waals surface area contributed by atoms with Crippen molar-refractivity contribution in [3.05, 3.63) is 35.5 Å². The molecule has 0 N–H and O–H groups in total. The van der Waals surface area contributed by atoms with Crippen LogP contribution in [0.15, 0.2) is 24.3 Å². The van der Waals surface area contributed by atoms with Gasteiger partial charge in [-0.15, -0.1) is 0 Å². The number of fused-ring (bicyclic) bond motifs is 1. The van der Waals surface area contributed by atoms with E-state index in [4.69, 9.17) is 5.26 Å². The van der Waals surface area contributed by atoms with Crippen molar-refractivity contribution in [1.82, 2.24) is 4.98 Å². The van der Waals surface area contributed by atoms with Crippen LogP contribution >= 0.6 is 0 Å². The van der Waals surface area contributed by atoms with Gasteiger partial charge in [0, 0.05) is 5.56 Å². The normalized spacial score (nSPS) is 11.3. The molecule has 2 rings (SSSR count). The number of aromatic nitrogens is 1. The molecule has 3 nitrogen and oxygen atoms in total. The molecule has 0 radical (unpaired) electrons. The number of alkyl halides is 3. The summed E-state index contributed by atoms with van der Waals surface area (Å²) in [4.78, 5) is 15.2. The molecule has 1 aromatic carbocycles. The van der Waals surface area contributed by atoms with Crippen molar-refractivity contribution in [3.63, 3.8) is 0 Å². The first-order valence-electron chi connectivity index (χ1n) is 5.26. The number of benzene rings is 1. The summed E-state index contributed by atoms with van der Waals surface area (Å²) < 4.78 is 37.3. The number of ketones is 1. The number of halogens is 3. The molecule has 94 valence electrons. The molecule has 2 aromatic rings. The lowest BCUT2D eigenvalue weighted by molar-refractivity contribution is -0.0884. The van der Waals surface area contributed by atoms with Gasteiger partial charge in [0.05, 0.1) is 5.52 Å². The van der Waals surface area contributed by atoms with Crippen LogP contribution in [0.3, 0.4) is 0 Å². The molecule has 0 bridgehead atoms. The first-order valence-corrected chi connectivity index (χ1v) is 5.26. The van der Waals surface area contributed by atoms with Crippen molar-refractivity contribution in [2.75, 3.05) is 0 Å². The number of nitriles is 1. The van der Waals surface area contributed by atoms with Crippen LogP contribution in [0.1, 0.15) is 16.1 Å². The van der Waals surface area contributed by atoms with Gasteiger partial charge in [0.15, 0.2) is 0 Å². The fourth-order valence-corrected chi connectivity index (χ4v) is 1.81. The predicted molar refractivity (Wildman–Crippen MR) is 65.0 cm³/mol. The molecule has 0 aliphatic rings. The Balaban J connectivity index is 2.66. The summed E-state index contributed by atoms with van der Waals surface area (Å²) in [6.07, 6.45) is -4.90. The van der Waals surface area contributed by atoms with Crippen molar-refractivity contribution in [3.8, 4) is 6.07 Å². The number of hydrogen-bond acceptors (Lipinski definition) is 3. The van der Waals surface area contributed by atoms with Crippen molar-refractivity contribution in [2.45, 2.75) is 6.18 Å². The minimum atomic E-state index is -4.90. The van der Waals surface area contributed by atoms with Crippen molar-refractivity contribution < 1.29 is 18.0 Å². The van der Waals surface area contributed by atoms with Gasteiger partial charge in [-0.2, -0.15) is 18.4 Å². The molecule has 0 fully saturated rings. The zero-order valence-electron chi connectivity index (χ0n) is 9.75. The van der Waals surface area contributed by atoms with Crippen molar-refractivity contribution >= 4 is 30.0 Å². The Kier molecular flexibility index (Phi) is 3.02. The molecule has 0 spiro atoms. The van der Waals surface area contributed by atoms with Gasteiger partial charge < -0.3 is 0 Å². The third-order valence-corrected chi connectivity index (χ3v) is 2.76. The molecular formula is C12H6BF3N2O. The fraction of sp³-hybridized carbons (Fsp3) is 0.0833. The third-order valence-electron chi connectivity index (χ3n) is 2.76. The van der Waals surface area contributed by atoms with Gasteiger partial charge >= 0.3 is 6.18 Å². The van der Waals surface area contributed by atoms with E-state index < -0.39 is 17.5 Å². The highest BCUT2D eigenvalue weighted by Crippen LogP contribution is 2.22. The number of carbonyl (C=O) groups excluding carboxylic acids is 1. The van der Waals surface area contributed by atoms with E-state index in [9.17, 15) is 18.0 Å². The summed E-state index contributed by atoms with van der Waals surface area (Å²) in [5.74, 6) is -1.88. The summed E-state index contributed by atoms with van der Waals surface area (Å²) in [6.45, 7) is 0. The molecule has 0 saturated heterocycles. The zero-order valence-corrected chi connectivity index (χ0v) is 9.75. The topological polar surface area (TPSA) is 53.8 Å². The summed E-state index contributed by atoms with van der Waals surface area (Å²) in [7, 11) is 1.43. The first kappa shape index (κ1) is 13.1. The van der Waals surface area contributed by atoms with Crippen molar-refractivity contribution in [1.29, 1.82) is 5.26 Å². The molecule has 7 heteroatoms. The molecule has 1 aromatic heterocycles. The largest absolute Gasteiger partial charge is 0.454 e. The second-order valence-corrected chi connectivity index (χ2v) is 3.94. The van der Waals surface area contributed by atoms with E-state index in [2.05, 4.69) is 4.98 Å². The lowest BCUT2D eigenvalue weighted by atomic mass is 9.85. The van der Waals surface area contributed by atoms with Crippen LogP contribution in [0, 0.1) is 11.3 Å². The summed E-state index contributed by atoms with van der Waals surface area (Å²) >= 11 is 0. The first-order chi connectivity index (χ1) is 8.84. The Morgan fingerprint density at radius 3 is 2.53 bits per heavy atom. The van der Waals surface area contributed by atoms with Crippen LogP contribution in [-0.2, 0) is 0 Å². The quantitative estimate of drug-likeness (QED) is 0.571. The van der Waals surface area contributed by atoms with E-state index >= 15 is 0 Å². The highest BCUT2D eigenvalue weighted by molar-refractivity contribution is 6.42. The second-order valence-electron chi connectivity index (χ2n) is 3.94. The van der Waals surface area contributed by atoms with E-state index in [1.807, 2.05) is 6.07 Å². The Morgan fingerprint density at radius 2 is 1.95 bits per heavy atom. The number of Topliss-reactive ketones (excluding diaryl/α,β-unsaturated/α-hetero) is 1. The second kappa shape index (κ2) is 4.39. The van der Waals surface area contributed by atoms with E-state index in [-0.39, 0.29) is 11.2 Å². The number of nitrogens with zero attached hydrogens (tertiary/aromatic N) is 2. The van der Waals surface area contributed by atoms with E-state index in [1.165, 1.54) is 26.0 Å². The van der Waals surface area contributed by atoms with Gasteiger partial charge in [-0.1, -0.05) is 11.5 Å². The molecule has 0 aliphatic heterocycles. The Hall–Kier alpha value is -2.36. The minimum absolute atomic E-state index is 0.168. The number of hydrogen-bond donors (Lipinski definition) is 0. The third kappa shape index (κ3) is 2.29. The van der Waals surface area contributed by atoms with E-state index in [0.29, 0.717) is 10.9 Å². The van der Waals surface area contributed by atoms with Gasteiger partial charge in [0.1, 0.15) is 19.6 Å². The van der Waals surface area contributed by atoms with Gasteiger partial charge in [-0.05, 0) is 23.6 Å². The minimum Gasteiger partial charge on any atom is -0.284 e. The van der Waals surface area contributed by atoms with E-state index in [1.54, 1.807) is 0 Å². The van der Waals surface area contributed by atoms with Crippen LogP contribution in [-0.4, -0.2) is 24.8 Å². The molecular weight excluding hydrogens is 256 g/mol. The number of carbonyl (C=O) groups is 1. The molecule has 0 atom stereocenters. The summed E-state index contributed by atoms with van der Waals surface area (Å²) in [5, 5.41) is 9.13. The van der Waals surface area contributed by atoms with Gasteiger partial charge in [0.25, 0.3) is 5.78 Å². The molecule has 0 aliphatic carbocycles. The van der Waals surface area contributed by atoms with E-state index in [0.717, 1.165) is 6.07 Å². The van der Waals surface area contributed by atoms with Crippen LogP contribution in [0.4, 0.5) is 13.2 Å². The summed E-state index contributed by atoms with van der Waals surface area (Å²) in [5.41, 5.74) is 0.361. The number of pyridine rings is 1. The maximum Gasteiger partial charge on any atom is 0.454 e. The average molecular weight is 262 g/mol. The Morgan fingerprint density at radius 1 is 1.26 bits per heavy atom. The molecule has 0 amide bonds. The molecule has 0 unspecified atom stereocenters. The van der Waals surface area contributed by atoms with Crippen LogP contribution in [0.2, 0.25) is 0 Å². The number of rotatable bonds is 1. The average Bonchev–Trinajstić information content (AvgIpc) is 2.37. The van der Waals surface area contributed by atoms with Crippen molar-refractivity contribution in [2.24, 2.45) is 0 Å². The SMILES string of the molecule is Bc1c(C(=O)C(F)(F)F)ccc2nc(C#N)ccc12. The van der Waals surface area contributed by atoms with Gasteiger partial charge in [0.2, 0.25) is 0 Å². The smallest absolute Gasteiger partial charge is 0.284 e. The lowest BCUT2D eigenvalue weighted by Gasteiger charge is -2.10. The monoisotopic (exact) mass is 262 g/mol. The highest BCUT2D eigenvalue weighted by Gasteiger charge is 2.39. The molecule has 19 heavy (non-hydrogen) atoms. The van der Waals surface area contributed by atoms with Gasteiger partial charge in [-0.25, -0.2) is 4.98 Å². The standard InChI is InChI=1S/C12H6BF3N2O/c13-10-7-2-1-6(5-17)18-9(7)4-3-8(10)11(19)12(14,15)16/h1-4H,13H2. The Bertz CT molecular complexity index is 719. The highest BCUT2D eigenvalue weighted by atomic mass is 19.4. The lowest BCUT2D eigenvalue weighted by Crippen LogP contribution is -2.28. The predicted octanol–water partition coefficient (Wildman–Crippen LogP) is 1.11. The fourth-order valence-electron chi connectivity index (χ4n) is 1.81. The van der Waals surface area contributed by atoms with Crippen LogP contribution in [0.25, 0.3) is 10.9 Å².